The summed E-state index contributed by atoms with van der Waals surface area (Å²) in [4.78, 5) is 31.4. The van der Waals surface area contributed by atoms with Crippen molar-refractivity contribution in [3.63, 3.8) is 0 Å². The first-order valence-corrected chi connectivity index (χ1v) is 12.5. The Labute approximate surface area is 197 Å². The first-order valence-electron chi connectivity index (χ1n) is 12.5. The first kappa shape index (κ1) is 23.9. The molecule has 1 aliphatic carbocycles. The number of benzene rings is 1. The lowest BCUT2D eigenvalue weighted by Crippen LogP contribution is -2.60. The van der Waals surface area contributed by atoms with E-state index < -0.39 is 5.54 Å². The topological polar surface area (TPSA) is 71.1 Å². The van der Waals surface area contributed by atoms with E-state index in [1.807, 2.05) is 4.90 Å². The van der Waals surface area contributed by atoms with Gasteiger partial charge in [-0.2, -0.15) is 0 Å². The predicted octanol–water partition coefficient (Wildman–Crippen LogP) is 4.07. The Morgan fingerprint density at radius 2 is 1.67 bits per heavy atom. The zero-order valence-corrected chi connectivity index (χ0v) is 20.4. The number of nitrogens with zero attached hydrogens (tertiary/aromatic N) is 2. The maximum atomic E-state index is 13.8. The van der Waals surface area contributed by atoms with E-state index >= 15 is 0 Å². The summed E-state index contributed by atoms with van der Waals surface area (Å²) in [6.07, 6.45) is 9.39. The summed E-state index contributed by atoms with van der Waals surface area (Å²) in [6.45, 7) is 4.64. The van der Waals surface area contributed by atoms with Crippen LogP contribution in [0.4, 0.5) is 5.69 Å². The Hall–Kier alpha value is -2.28. The van der Waals surface area contributed by atoms with Crippen LogP contribution in [0.3, 0.4) is 0 Å². The summed E-state index contributed by atoms with van der Waals surface area (Å²) in [6, 6.07) is 5.91. The van der Waals surface area contributed by atoms with E-state index in [0.717, 1.165) is 19.3 Å². The quantitative estimate of drug-likeness (QED) is 0.668. The van der Waals surface area contributed by atoms with Crippen molar-refractivity contribution in [3.8, 4) is 11.5 Å². The number of nitrogens with one attached hydrogen (secondary N) is 1. The zero-order valence-electron chi connectivity index (χ0n) is 20.4. The molecule has 2 atom stereocenters. The molecule has 7 nitrogen and oxygen atoms in total. The van der Waals surface area contributed by atoms with Gasteiger partial charge in [-0.15, -0.1) is 0 Å². The van der Waals surface area contributed by atoms with Gasteiger partial charge in [0.15, 0.2) is 0 Å². The SMILES string of the molecule is COc1cc(NC(=O)C2(N(C[C@H]3CCCN4CCCC[C@H]34)C(C)=O)CCCC2)cc(OC)c1. The van der Waals surface area contributed by atoms with Crippen LogP contribution >= 0.6 is 0 Å². The summed E-state index contributed by atoms with van der Waals surface area (Å²) in [5.41, 5.74) is -0.166. The van der Waals surface area contributed by atoms with Crippen LogP contribution in [0, 0.1) is 5.92 Å². The molecular formula is C26H39N3O4. The van der Waals surface area contributed by atoms with Crippen molar-refractivity contribution in [2.75, 3.05) is 39.2 Å². The predicted molar refractivity (Wildman–Crippen MR) is 129 cm³/mol. The van der Waals surface area contributed by atoms with Gasteiger partial charge < -0.3 is 24.6 Å². The number of carbonyl (C=O) groups is 2. The number of methoxy groups -OCH3 is 2. The molecule has 0 bridgehead atoms. The lowest BCUT2D eigenvalue weighted by atomic mass is 9.81. The van der Waals surface area contributed by atoms with Crippen LogP contribution in [-0.4, -0.2) is 67.0 Å². The van der Waals surface area contributed by atoms with E-state index in [0.29, 0.717) is 48.5 Å². The minimum Gasteiger partial charge on any atom is -0.497 e. The monoisotopic (exact) mass is 457 g/mol. The number of ether oxygens (including phenoxy) is 2. The number of hydrogen-bond acceptors (Lipinski definition) is 5. The normalized spacial score (nSPS) is 24.6. The van der Waals surface area contributed by atoms with E-state index in [1.54, 1.807) is 39.3 Å². The molecule has 0 radical (unpaired) electrons. The molecule has 1 N–H and O–H groups in total. The Bertz CT molecular complexity index is 828. The molecule has 182 valence electrons. The number of anilines is 1. The van der Waals surface area contributed by atoms with Crippen LogP contribution in [0.5, 0.6) is 11.5 Å². The maximum Gasteiger partial charge on any atom is 0.250 e. The highest BCUT2D eigenvalue weighted by Crippen LogP contribution is 2.40. The lowest BCUT2D eigenvalue weighted by Gasteiger charge is -2.48. The molecule has 1 saturated carbocycles. The van der Waals surface area contributed by atoms with Gasteiger partial charge in [-0.25, -0.2) is 0 Å². The second-order valence-electron chi connectivity index (χ2n) is 9.93. The average molecular weight is 458 g/mol. The molecule has 2 amide bonds. The number of amides is 2. The Morgan fingerprint density at radius 3 is 2.30 bits per heavy atom. The van der Waals surface area contributed by atoms with Crippen molar-refractivity contribution in [2.45, 2.75) is 76.3 Å². The standard InChI is InChI=1S/C26H39N3O4/c1-19(30)29(18-20-9-8-14-28-13-7-4-10-24(20)28)26(11-5-6-12-26)25(31)27-21-15-22(32-2)17-23(16-21)33-3/h15-17,20,24H,4-14,18H2,1-3H3,(H,27,31)/t20-,24-/m1/s1. The molecule has 3 aliphatic rings. The average Bonchev–Trinajstić information content (AvgIpc) is 3.33. The van der Waals surface area contributed by atoms with Crippen molar-refractivity contribution >= 4 is 17.5 Å². The van der Waals surface area contributed by atoms with Crippen LogP contribution in [-0.2, 0) is 9.59 Å². The van der Waals surface area contributed by atoms with E-state index in [-0.39, 0.29) is 11.8 Å². The molecule has 0 aromatic heterocycles. The number of carbonyl (C=O) groups excluding carboxylic acids is 2. The van der Waals surface area contributed by atoms with Crippen LogP contribution in [0.15, 0.2) is 18.2 Å². The summed E-state index contributed by atoms with van der Waals surface area (Å²) in [5, 5.41) is 3.10. The van der Waals surface area contributed by atoms with Crippen molar-refractivity contribution in [1.82, 2.24) is 9.80 Å². The molecule has 0 spiro atoms. The molecule has 2 aliphatic heterocycles. The third-order valence-electron chi connectivity index (χ3n) is 8.01. The third-order valence-corrected chi connectivity index (χ3v) is 8.01. The van der Waals surface area contributed by atoms with Gasteiger partial charge in [0.1, 0.15) is 17.0 Å². The molecule has 0 unspecified atom stereocenters. The fourth-order valence-electron chi connectivity index (χ4n) is 6.34. The lowest BCUT2D eigenvalue weighted by molar-refractivity contribution is -0.145. The second-order valence-corrected chi connectivity index (χ2v) is 9.93. The molecular weight excluding hydrogens is 418 g/mol. The van der Waals surface area contributed by atoms with Gasteiger partial charge in [0.2, 0.25) is 11.8 Å². The summed E-state index contributed by atoms with van der Waals surface area (Å²) >= 11 is 0. The zero-order chi connectivity index (χ0) is 23.4. The molecule has 2 heterocycles. The van der Waals surface area contributed by atoms with E-state index in [9.17, 15) is 9.59 Å². The number of rotatable bonds is 7. The highest BCUT2D eigenvalue weighted by molar-refractivity contribution is 6.00. The summed E-state index contributed by atoms with van der Waals surface area (Å²) < 4.78 is 10.7. The van der Waals surface area contributed by atoms with Gasteiger partial charge in [-0.3, -0.25) is 9.59 Å². The molecule has 7 heteroatoms. The third kappa shape index (κ3) is 4.98. The first-order chi connectivity index (χ1) is 16.0. The van der Waals surface area contributed by atoms with Gasteiger partial charge in [0.25, 0.3) is 0 Å². The highest BCUT2D eigenvalue weighted by Gasteiger charge is 2.49. The van der Waals surface area contributed by atoms with Crippen LogP contribution in [0.1, 0.15) is 64.7 Å². The van der Waals surface area contributed by atoms with Gasteiger partial charge >= 0.3 is 0 Å². The number of piperidine rings is 2. The molecule has 1 aromatic carbocycles. The van der Waals surface area contributed by atoms with Gasteiger partial charge in [-0.1, -0.05) is 19.3 Å². The second kappa shape index (κ2) is 10.3. The maximum absolute atomic E-state index is 13.8. The Morgan fingerprint density at radius 1 is 1.00 bits per heavy atom. The summed E-state index contributed by atoms with van der Waals surface area (Å²) in [7, 11) is 3.18. The fourth-order valence-corrected chi connectivity index (χ4v) is 6.34. The minimum absolute atomic E-state index is 0.00297. The van der Waals surface area contributed by atoms with Crippen LogP contribution < -0.4 is 14.8 Å². The summed E-state index contributed by atoms with van der Waals surface area (Å²) in [5.74, 6) is 1.58. The number of fused-ring (bicyclic) bond motifs is 1. The number of hydrogen-bond donors (Lipinski definition) is 1. The Kier molecular flexibility index (Phi) is 7.47. The molecule has 2 saturated heterocycles. The molecule has 4 rings (SSSR count). The van der Waals surface area contributed by atoms with E-state index in [4.69, 9.17) is 9.47 Å². The smallest absolute Gasteiger partial charge is 0.250 e. The molecule has 33 heavy (non-hydrogen) atoms. The van der Waals surface area contributed by atoms with E-state index in [2.05, 4.69) is 10.2 Å². The van der Waals surface area contributed by atoms with E-state index in [1.165, 1.54) is 38.8 Å². The van der Waals surface area contributed by atoms with Crippen LogP contribution in [0.25, 0.3) is 0 Å². The minimum atomic E-state index is -0.793. The van der Waals surface area contributed by atoms with Gasteiger partial charge in [0.05, 0.1) is 14.2 Å². The largest absolute Gasteiger partial charge is 0.497 e. The van der Waals surface area contributed by atoms with Crippen molar-refractivity contribution in [3.05, 3.63) is 18.2 Å². The van der Waals surface area contributed by atoms with Crippen molar-refractivity contribution < 1.29 is 19.1 Å². The molecule has 3 fully saturated rings. The van der Waals surface area contributed by atoms with Gasteiger partial charge in [-0.05, 0) is 57.5 Å². The van der Waals surface area contributed by atoms with Crippen LogP contribution in [0.2, 0.25) is 0 Å². The highest BCUT2D eigenvalue weighted by atomic mass is 16.5. The molecule has 1 aromatic rings. The van der Waals surface area contributed by atoms with Crippen molar-refractivity contribution in [2.24, 2.45) is 5.92 Å². The Balaban J connectivity index is 1.58. The van der Waals surface area contributed by atoms with Crippen molar-refractivity contribution in [1.29, 1.82) is 0 Å². The fraction of sp³-hybridized carbons (Fsp3) is 0.692. The van der Waals surface area contributed by atoms with Gasteiger partial charge in [0, 0.05) is 43.4 Å².